The molecule has 0 saturated carbocycles. The van der Waals surface area contributed by atoms with Crippen molar-refractivity contribution in [2.45, 2.75) is 46.2 Å². The highest BCUT2D eigenvalue weighted by Gasteiger charge is 2.12. The van der Waals surface area contributed by atoms with Crippen LogP contribution >= 0.6 is 11.8 Å². The predicted molar refractivity (Wildman–Crippen MR) is 92.7 cm³/mol. The van der Waals surface area contributed by atoms with Crippen molar-refractivity contribution in [2.24, 2.45) is 0 Å². The monoisotopic (exact) mass is 311 g/mol. The molecule has 4 heteroatoms. The van der Waals surface area contributed by atoms with Gasteiger partial charge in [-0.2, -0.15) is 11.8 Å². The Morgan fingerprint density at radius 3 is 2.62 bits per heavy atom. The molecule has 0 aliphatic heterocycles. The highest BCUT2D eigenvalue weighted by atomic mass is 32.2. The maximum atomic E-state index is 5.96. The first-order chi connectivity index (χ1) is 9.96. The molecule has 0 heterocycles. The molecule has 0 unspecified atom stereocenters. The first-order valence-electron chi connectivity index (χ1n) is 7.58. The maximum Gasteiger partial charge on any atom is 0.127 e. The van der Waals surface area contributed by atoms with Gasteiger partial charge < -0.3 is 14.8 Å². The molecule has 1 aromatic rings. The molecule has 0 spiro atoms. The minimum atomic E-state index is 0.0922. The number of hydrogen-bond acceptors (Lipinski definition) is 4. The van der Waals surface area contributed by atoms with Gasteiger partial charge in [-0.1, -0.05) is 13.0 Å². The summed E-state index contributed by atoms with van der Waals surface area (Å²) in [4.78, 5) is 0. The topological polar surface area (TPSA) is 30.5 Å². The average Bonchev–Trinajstić information content (AvgIpc) is 2.44. The molecule has 3 nitrogen and oxygen atoms in total. The molecule has 0 aliphatic rings. The summed E-state index contributed by atoms with van der Waals surface area (Å²) in [6.07, 6.45) is 1.07. The van der Waals surface area contributed by atoms with Crippen molar-refractivity contribution < 1.29 is 9.47 Å². The number of benzene rings is 1. The zero-order valence-electron chi connectivity index (χ0n) is 14.0. The van der Waals surface area contributed by atoms with E-state index >= 15 is 0 Å². The average molecular weight is 311 g/mol. The quantitative estimate of drug-likeness (QED) is 0.695. The molecule has 0 aromatic heterocycles. The normalized spacial score (nSPS) is 11.5. The fourth-order valence-corrected chi connectivity index (χ4v) is 2.40. The summed E-state index contributed by atoms with van der Waals surface area (Å²) in [5.41, 5.74) is 1.27. The van der Waals surface area contributed by atoms with Crippen LogP contribution in [0, 0.1) is 0 Å². The van der Waals surface area contributed by atoms with Crippen LogP contribution < -0.4 is 14.8 Å². The largest absolute Gasteiger partial charge is 0.497 e. The fraction of sp³-hybridized carbons (Fsp3) is 0.647. The van der Waals surface area contributed by atoms with Crippen LogP contribution in [0.3, 0.4) is 0 Å². The van der Waals surface area contributed by atoms with Gasteiger partial charge in [-0.05, 0) is 44.8 Å². The zero-order valence-corrected chi connectivity index (χ0v) is 14.8. The Morgan fingerprint density at radius 2 is 2.00 bits per heavy atom. The number of thioether (sulfide) groups is 1. The van der Waals surface area contributed by atoms with Crippen molar-refractivity contribution in [2.75, 3.05) is 25.2 Å². The molecule has 21 heavy (non-hydrogen) atoms. The summed E-state index contributed by atoms with van der Waals surface area (Å²) in [6, 6.07) is 6.04. The Morgan fingerprint density at radius 1 is 1.24 bits per heavy atom. The fourth-order valence-electron chi connectivity index (χ4n) is 1.79. The summed E-state index contributed by atoms with van der Waals surface area (Å²) in [6.45, 7) is 10.2. The lowest BCUT2D eigenvalue weighted by molar-refractivity contribution is 0.309. The molecule has 1 rings (SSSR count). The second-order valence-corrected chi connectivity index (χ2v) is 7.37. The van der Waals surface area contributed by atoms with Gasteiger partial charge in [0.05, 0.1) is 13.7 Å². The van der Waals surface area contributed by atoms with Crippen LogP contribution in [-0.4, -0.2) is 30.8 Å². The summed E-state index contributed by atoms with van der Waals surface area (Å²) >= 11 is 1.95. The third-order valence-electron chi connectivity index (χ3n) is 2.98. The molecule has 0 amide bonds. The Hall–Kier alpha value is -0.870. The number of nitrogens with one attached hydrogen (secondary N) is 1. The van der Waals surface area contributed by atoms with Gasteiger partial charge >= 0.3 is 0 Å². The smallest absolute Gasteiger partial charge is 0.127 e. The van der Waals surface area contributed by atoms with Crippen LogP contribution in [0.5, 0.6) is 11.5 Å². The Bertz CT molecular complexity index is 416. The molecular weight excluding hydrogens is 282 g/mol. The standard InChI is InChI=1S/C17H29NO2S/c1-6-21-11-7-10-20-16-12-15(19-5)9-8-14(16)13-18-17(2,3)4/h8-9,12,18H,6-7,10-11,13H2,1-5H3. The number of ether oxygens (including phenoxy) is 2. The van der Waals surface area contributed by atoms with Crippen LogP contribution in [0.2, 0.25) is 0 Å². The van der Waals surface area contributed by atoms with E-state index in [9.17, 15) is 0 Å². The Labute approximate surface area is 133 Å². The lowest BCUT2D eigenvalue weighted by atomic mass is 10.1. The second-order valence-electron chi connectivity index (χ2n) is 5.98. The van der Waals surface area contributed by atoms with Crippen LogP contribution in [0.25, 0.3) is 0 Å². The van der Waals surface area contributed by atoms with Gasteiger partial charge in [-0.25, -0.2) is 0 Å². The maximum absolute atomic E-state index is 5.96. The molecular formula is C17H29NO2S. The van der Waals surface area contributed by atoms with Gasteiger partial charge in [0, 0.05) is 23.7 Å². The zero-order chi connectivity index (χ0) is 15.7. The molecule has 0 fully saturated rings. The van der Waals surface area contributed by atoms with E-state index < -0.39 is 0 Å². The van der Waals surface area contributed by atoms with Gasteiger partial charge in [-0.15, -0.1) is 0 Å². The van der Waals surface area contributed by atoms with Crippen LogP contribution in [0.4, 0.5) is 0 Å². The SMILES string of the molecule is CCSCCCOc1cc(OC)ccc1CNC(C)(C)C. The number of rotatable bonds is 9. The van der Waals surface area contributed by atoms with Crippen molar-refractivity contribution in [1.82, 2.24) is 5.32 Å². The van der Waals surface area contributed by atoms with E-state index in [4.69, 9.17) is 9.47 Å². The molecule has 1 N–H and O–H groups in total. The van der Waals surface area contributed by atoms with Crippen LogP contribution in [0.1, 0.15) is 39.7 Å². The molecule has 120 valence electrons. The van der Waals surface area contributed by atoms with Gasteiger partial charge in [0.2, 0.25) is 0 Å². The summed E-state index contributed by atoms with van der Waals surface area (Å²) in [7, 11) is 1.68. The van der Waals surface area contributed by atoms with Crippen molar-refractivity contribution in [3.05, 3.63) is 23.8 Å². The summed E-state index contributed by atoms with van der Waals surface area (Å²) < 4.78 is 11.3. The Balaban J connectivity index is 2.63. The van der Waals surface area contributed by atoms with Crippen LogP contribution in [-0.2, 0) is 6.54 Å². The lowest BCUT2D eigenvalue weighted by Crippen LogP contribution is -2.35. The molecule has 0 aliphatic carbocycles. The van der Waals surface area contributed by atoms with E-state index in [1.165, 1.54) is 11.3 Å². The number of methoxy groups -OCH3 is 1. The van der Waals surface area contributed by atoms with Gasteiger partial charge in [0.1, 0.15) is 11.5 Å². The van der Waals surface area contributed by atoms with E-state index in [0.29, 0.717) is 0 Å². The first kappa shape index (κ1) is 18.2. The van der Waals surface area contributed by atoms with E-state index in [2.05, 4.69) is 39.1 Å². The van der Waals surface area contributed by atoms with Gasteiger partial charge in [0.15, 0.2) is 0 Å². The molecule has 0 atom stereocenters. The minimum absolute atomic E-state index is 0.0922. The summed E-state index contributed by atoms with van der Waals surface area (Å²) in [5, 5.41) is 3.50. The van der Waals surface area contributed by atoms with Crippen LogP contribution in [0.15, 0.2) is 18.2 Å². The van der Waals surface area contributed by atoms with Gasteiger partial charge in [-0.3, -0.25) is 0 Å². The predicted octanol–water partition coefficient (Wildman–Crippen LogP) is 4.11. The molecule has 1 aromatic carbocycles. The van der Waals surface area contributed by atoms with Crippen molar-refractivity contribution in [3.8, 4) is 11.5 Å². The highest BCUT2D eigenvalue weighted by Crippen LogP contribution is 2.25. The minimum Gasteiger partial charge on any atom is -0.497 e. The van der Waals surface area contributed by atoms with Crippen molar-refractivity contribution in [3.63, 3.8) is 0 Å². The highest BCUT2D eigenvalue weighted by molar-refractivity contribution is 7.99. The van der Waals surface area contributed by atoms with E-state index in [-0.39, 0.29) is 5.54 Å². The lowest BCUT2D eigenvalue weighted by Gasteiger charge is -2.22. The van der Waals surface area contributed by atoms with Crippen molar-refractivity contribution >= 4 is 11.8 Å². The third kappa shape index (κ3) is 7.63. The second kappa shape index (κ2) is 9.21. The van der Waals surface area contributed by atoms with E-state index in [1.54, 1.807) is 7.11 Å². The first-order valence-corrected chi connectivity index (χ1v) is 8.74. The van der Waals surface area contributed by atoms with E-state index in [1.807, 2.05) is 23.9 Å². The van der Waals surface area contributed by atoms with Crippen molar-refractivity contribution in [1.29, 1.82) is 0 Å². The third-order valence-corrected chi connectivity index (χ3v) is 3.96. The Kier molecular flexibility index (Phi) is 7.97. The van der Waals surface area contributed by atoms with Gasteiger partial charge in [0.25, 0.3) is 0 Å². The molecule has 0 saturated heterocycles. The molecule has 0 bridgehead atoms. The number of hydrogen-bond donors (Lipinski definition) is 1. The molecule has 0 radical (unpaired) electrons. The summed E-state index contributed by atoms with van der Waals surface area (Å²) in [5.74, 6) is 4.08. The van der Waals surface area contributed by atoms with E-state index in [0.717, 1.165) is 36.8 Å².